The number of rotatable bonds is 8. The molecule has 0 bridgehead atoms. The normalized spacial score (nSPS) is 12.9. The van der Waals surface area contributed by atoms with E-state index in [9.17, 15) is 0 Å². The average molecular weight is 836 g/mol. The Bertz CT molecular complexity index is 3260. The Morgan fingerprint density at radius 1 is 0.344 bits per heavy atom. The van der Waals surface area contributed by atoms with Gasteiger partial charge in [-0.15, -0.1) is 0 Å². The molecule has 1 heterocycles. The second kappa shape index (κ2) is 15.8. The second-order valence-corrected chi connectivity index (χ2v) is 17.5. The van der Waals surface area contributed by atoms with Crippen LogP contribution in [0.3, 0.4) is 0 Å². The summed E-state index contributed by atoms with van der Waals surface area (Å²) in [6.07, 6.45) is 0. The fourth-order valence-corrected chi connectivity index (χ4v) is 10.8. The molecule has 0 aromatic heterocycles. The summed E-state index contributed by atoms with van der Waals surface area (Å²) in [5, 5.41) is 0. The summed E-state index contributed by atoms with van der Waals surface area (Å²) in [6, 6.07) is 90.1. The zero-order valence-electron chi connectivity index (χ0n) is 34.9. The first-order valence-corrected chi connectivity index (χ1v) is 22.6. The molecule has 10 aromatic rings. The Morgan fingerprint density at radius 3 is 1.44 bits per heavy atom. The van der Waals surface area contributed by atoms with Crippen molar-refractivity contribution < 1.29 is 4.74 Å². The lowest BCUT2D eigenvalue weighted by Gasteiger charge is -2.35. The zero-order valence-corrected chi connectivity index (χ0v) is 35.8. The van der Waals surface area contributed by atoms with Crippen molar-refractivity contribution in [1.29, 1.82) is 0 Å². The van der Waals surface area contributed by atoms with Gasteiger partial charge in [0.1, 0.15) is 11.5 Å². The maximum absolute atomic E-state index is 6.96. The maximum Gasteiger partial charge on any atom is 0.149 e. The summed E-state index contributed by atoms with van der Waals surface area (Å²) < 4.78 is 6.96. The number of para-hydroxylation sites is 1. The Kier molecular flexibility index (Phi) is 9.35. The molecule has 12 rings (SSSR count). The highest BCUT2D eigenvalue weighted by atomic mass is 32.2. The van der Waals surface area contributed by atoms with Gasteiger partial charge in [0.05, 0.1) is 15.2 Å². The van der Waals surface area contributed by atoms with Crippen LogP contribution in [0.2, 0.25) is 0 Å². The van der Waals surface area contributed by atoms with Gasteiger partial charge in [-0.25, -0.2) is 0 Å². The van der Waals surface area contributed by atoms with Crippen molar-refractivity contribution in [3.63, 3.8) is 0 Å². The molecule has 2 nitrogen and oxygen atoms in total. The fourth-order valence-electron chi connectivity index (χ4n) is 9.87. The van der Waals surface area contributed by atoms with Crippen LogP contribution in [0.25, 0.3) is 44.5 Å². The third kappa shape index (κ3) is 6.35. The minimum Gasteiger partial charge on any atom is -0.454 e. The second-order valence-electron chi connectivity index (χ2n) is 16.4. The molecular formula is C61H41NOS. The Balaban J connectivity index is 1.05. The van der Waals surface area contributed by atoms with Crippen LogP contribution in [0, 0.1) is 0 Å². The number of anilines is 3. The molecule has 64 heavy (non-hydrogen) atoms. The molecule has 3 heteroatoms. The first-order valence-electron chi connectivity index (χ1n) is 21.8. The predicted octanol–water partition coefficient (Wildman–Crippen LogP) is 16.8. The van der Waals surface area contributed by atoms with E-state index in [-0.39, 0.29) is 0 Å². The van der Waals surface area contributed by atoms with Gasteiger partial charge in [0, 0.05) is 22.6 Å². The molecule has 2 aliphatic rings. The standard InChI is InChI=1S/C61H41NOS/c1-5-16-42(17-6-1)44-28-32-50(33-29-44)62(51-34-30-45(31-35-51)47-21-15-20-46(40-47)43-18-7-2-8-19-43)52-36-37-53-55(41-52)61(48-22-9-3-10-23-48,49-24-11-4-12-25-49)54-38-39-58-60(59(53)54)63-56-26-13-14-27-57(56)64-58/h1-41H. The molecule has 1 aliphatic heterocycles. The van der Waals surface area contributed by atoms with E-state index in [2.05, 4.69) is 254 Å². The van der Waals surface area contributed by atoms with E-state index in [1.54, 1.807) is 11.8 Å². The van der Waals surface area contributed by atoms with E-state index in [0.29, 0.717) is 0 Å². The van der Waals surface area contributed by atoms with E-state index in [4.69, 9.17) is 4.74 Å². The quantitative estimate of drug-likeness (QED) is 0.151. The Hall–Kier alpha value is -7.85. The van der Waals surface area contributed by atoms with E-state index in [1.807, 2.05) is 0 Å². The molecule has 0 N–H and O–H groups in total. The van der Waals surface area contributed by atoms with Crippen molar-refractivity contribution in [1.82, 2.24) is 0 Å². The van der Waals surface area contributed by atoms with Crippen LogP contribution in [-0.2, 0) is 5.41 Å². The summed E-state index contributed by atoms with van der Waals surface area (Å²) >= 11 is 1.78. The summed E-state index contributed by atoms with van der Waals surface area (Å²) in [5.74, 6) is 1.81. The lowest BCUT2D eigenvalue weighted by molar-refractivity contribution is 0.456. The van der Waals surface area contributed by atoms with Crippen molar-refractivity contribution in [2.75, 3.05) is 4.90 Å². The number of fused-ring (bicyclic) bond motifs is 6. The highest BCUT2D eigenvalue weighted by Crippen LogP contribution is 2.63. The molecule has 0 fully saturated rings. The third-order valence-corrected chi connectivity index (χ3v) is 13.9. The van der Waals surface area contributed by atoms with Gasteiger partial charge in [-0.2, -0.15) is 0 Å². The molecule has 0 unspecified atom stereocenters. The smallest absolute Gasteiger partial charge is 0.149 e. The van der Waals surface area contributed by atoms with E-state index in [0.717, 1.165) is 43.9 Å². The zero-order chi connectivity index (χ0) is 42.5. The average Bonchev–Trinajstić information content (AvgIpc) is 3.68. The molecule has 0 saturated carbocycles. The Morgan fingerprint density at radius 2 is 0.828 bits per heavy atom. The molecule has 10 aromatic carbocycles. The van der Waals surface area contributed by atoms with Crippen LogP contribution < -0.4 is 9.64 Å². The van der Waals surface area contributed by atoms with Crippen molar-refractivity contribution in [3.8, 4) is 56.0 Å². The lowest BCUT2D eigenvalue weighted by atomic mass is 9.67. The van der Waals surface area contributed by atoms with Crippen molar-refractivity contribution in [2.45, 2.75) is 15.2 Å². The number of ether oxygens (including phenoxy) is 1. The molecule has 1 aliphatic carbocycles. The number of hydrogen-bond acceptors (Lipinski definition) is 3. The SMILES string of the molecule is c1ccc(-c2ccc(N(c3ccc(-c4cccc(-c5ccccc5)c4)cc3)c3ccc4c(c3)C(c3ccccc3)(c3ccccc3)c3ccc5c(c3-4)Oc3ccccc3S5)cc2)cc1. The molecule has 0 radical (unpaired) electrons. The molecule has 0 saturated heterocycles. The van der Waals surface area contributed by atoms with Gasteiger partial charge in [-0.1, -0.05) is 200 Å². The lowest BCUT2D eigenvalue weighted by Crippen LogP contribution is -2.28. The van der Waals surface area contributed by atoms with Crippen molar-refractivity contribution >= 4 is 28.8 Å². The summed E-state index contributed by atoms with van der Waals surface area (Å²) in [5.41, 5.74) is 16.9. The summed E-state index contributed by atoms with van der Waals surface area (Å²) in [6.45, 7) is 0. The van der Waals surface area contributed by atoms with Crippen molar-refractivity contribution in [3.05, 3.63) is 271 Å². The highest BCUT2D eigenvalue weighted by molar-refractivity contribution is 7.99. The fraction of sp³-hybridized carbons (Fsp3) is 0.0164. The minimum atomic E-state index is -0.625. The van der Waals surface area contributed by atoms with Crippen LogP contribution in [0.1, 0.15) is 22.3 Å². The van der Waals surface area contributed by atoms with E-state index < -0.39 is 5.41 Å². The summed E-state index contributed by atoms with van der Waals surface area (Å²) in [4.78, 5) is 4.66. The first kappa shape index (κ1) is 37.9. The highest BCUT2D eigenvalue weighted by Gasteiger charge is 2.48. The number of nitrogens with zero attached hydrogens (tertiary/aromatic N) is 1. The molecule has 0 spiro atoms. The van der Waals surface area contributed by atoms with Gasteiger partial charge in [0.2, 0.25) is 0 Å². The molecule has 0 amide bonds. The van der Waals surface area contributed by atoms with Crippen LogP contribution in [-0.4, -0.2) is 0 Å². The minimum absolute atomic E-state index is 0.625. The summed E-state index contributed by atoms with van der Waals surface area (Å²) in [7, 11) is 0. The predicted molar refractivity (Wildman–Crippen MR) is 265 cm³/mol. The van der Waals surface area contributed by atoms with Crippen LogP contribution in [0.5, 0.6) is 11.5 Å². The van der Waals surface area contributed by atoms with Crippen LogP contribution in [0.4, 0.5) is 17.1 Å². The van der Waals surface area contributed by atoms with Gasteiger partial charge in [0.25, 0.3) is 0 Å². The molecule has 302 valence electrons. The maximum atomic E-state index is 6.96. The Labute approximate surface area is 378 Å². The van der Waals surface area contributed by atoms with Crippen molar-refractivity contribution in [2.24, 2.45) is 0 Å². The van der Waals surface area contributed by atoms with E-state index in [1.165, 1.54) is 61.2 Å². The van der Waals surface area contributed by atoms with Gasteiger partial charge in [-0.05, 0) is 122 Å². The number of benzene rings is 10. The van der Waals surface area contributed by atoms with Gasteiger partial charge >= 0.3 is 0 Å². The topological polar surface area (TPSA) is 12.5 Å². The van der Waals surface area contributed by atoms with Gasteiger partial charge in [-0.3, -0.25) is 0 Å². The number of hydrogen-bond donors (Lipinski definition) is 0. The van der Waals surface area contributed by atoms with Crippen LogP contribution in [0.15, 0.2) is 259 Å². The van der Waals surface area contributed by atoms with Gasteiger partial charge < -0.3 is 9.64 Å². The third-order valence-electron chi connectivity index (χ3n) is 12.8. The molecule has 0 atom stereocenters. The monoisotopic (exact) mass is 835 g/mol. The van der Waals surface area contributed by atoms with Gasteiger partial charge in [0.15, 0.2) is 0 Å². The first-order chi connectivity index (χ1) is 31.7. The largest absolute Gasteiger partial charge is 0.454 e. The molecular weight excluding hydrogens is 795 g/mol. The van der Waals surface area contributed by atoms with E-state index >= 15 is 0 Å². The van der Waals surface area contributed by atoms with Crippen LogP contribution >= 0.6 is 11.8 Å².